The molecule has 0 amide bonds. The van der Waals surface area contributed by atoms with E-state index >= 15 is 0 Å². The standard InChI is InChI=1S/C8H11O3P/c1-3-5-7-10-12(9)11-8-6-4-2/h1-2,9H,5-8H2. The van der Waals surface area contributed by atoms with Crippen molar-refractivity contribution in [1.29, 1.82) is 0 Å². The normalized spacial score (nSPS) is 9.33. The van der Waals surface area contributed by atoms with Gasteiger partial charge in [-0.2, -0.15) is 0 Å². The maximum Gasteiger partial charge on any atom is 0.329 e. The Bertz CT molecular complexity index is 160. The SMILES string of the molecule is C#CCCOP(O)OCCC#C. The second-order valence-electron chi connectivity index (χ2n) is 1.81. The van der Waals surface area contributed by atoms with E-state index < -0.39 is 8.60 Å². The third kappa shape index (κ3) is 7.54. The summed E-state index contributed by atoms with van der Waals surface area (Å²) < 4.78 is 9.63. The van der Waals surface area contributed by atoms with Crippen LogP contribution in [0.4, 0.5) is 0 Å². The van der Waals surface area contributed by atoms with Crippen LogP contribution in [0.3, 0.4) is 0 Å². The van der Waals surface area contributed by atoms with E-state index in [0.717, 1.165) is 0 Å². The van der Waals surface area contributed by atoms with Crippen molar-refractivity contribution in [3.05, 3.63) is 0 Å². The molecule has 1 N–H and O–H groups in total. The molecule has 0 aromatic heterocycles. The average molecular weight is 186 g/mol. The van der Waals surface area contributed by atoms with E-state index in [9.17, 15) is 0 Å². The van der Waals surface area contributed by atoms with Gasteiger partial charge in [-0.05, 0) is 0 Å². The summed E-state index contributed by atoms with van der Waals surface area (Å²) >= 11 is 0. The van der Waals surface area contributed by atoms with Crippen molar-refractivity contribution in [1.82, 2.24) is 0 Å². The Morgan fingerprint density at radius 1 is 1.08 bits per heavy atom. The van der Waals surface area contributed by atoms with Crippen molar-refractivity contribution in [2.45, 2.75) is 12.8 Å². The van der Waals surface area contributed by atoms with Crippen LogP contribution in [0.15, 0.2) is 0 Å². The molecule has 12 heavy (non-hydrogen) atoms. The van der Waals surface area contributed by atoms with Crippen molar-refractivity contribution < 1.29 is 13.9 Å². The summed E-state index contributed by atoms with van der Waals surface area (Å²) in [6.07, 6.45) is 10.9. The molecule has 0 radical (unpaired) electrons. The monoisotopic (exact) mass is 186 g/mol. The van der Waals surface area contributed by atoms with Gasteiger partial charge in [-0.1, -0.05) is 0 Å². The van der Waals surface area contributed by atoms with Crippen molar-refractivity contribution in [2.75, 3.05) is 13.2 Å². The summed E-state index contributed by atoms with van der Waals surface area (Å²) in [7, 11) is -1.79. The molecule has 0 heterocycles. The third-order valence-corrected chi connectivity index (χ3v) is 1.70. The summed E-state index contributed by atoms with van der Waals surface area (Å²) in [6, 6.07) is 0. The summed E-state index contributed by atoms with van der Waals surface area (Å²) in [5.74, 6) is 4.75. The molecule has 0 saturated carbocycles. The fraction of sp³-hybridized carbons (Fsp3) is 0.500. The van der Waals surface area contributed by atoms with E-state index in [-0.39, 0.29) is 0 Å². The van der Waals surface area contributed by atoms with Gasteiger partial charge < -0.3 is 13.9 Å². The quantitative estimate of drug-likeness (QED) is 0.386. The molecule has 0 spiro atoms. The largest absolute Gasteiger partial charge is 0.329 e. The Morgan fingerprint density at radius 3 is 1.83 bits per heavy atom. The molecule has 0 aromatic rings. The molecule has 0 fully saturated rings. The fourth-order valence-corrected chi connectivity index (χ4v) is 0.972. The lowest BCUT2D eigenvalue weighted by Crippen LogP contribution is -1.93. The van der Waals surface area contributed by atoms with Gasteiger partial charge in [-0.15, -0.1) is 24.7 Å². The van der Waals surface area contributed by atoms with E-state index in [2.05, 4.69) is 11.8 Å². The van der Waals surface area contributed by atoms with E-state index in [1.807, 2.05) is 0 Å². The van der Waals surface area contributed by atoms with Gasteiger partial charge in [-0.25, -0.2) is 0 Å². The Hall–Kier alpha value is -0.570. The molecular formula is C8H11O3P. The van der Waals surface area contributed by atoms with Gasteiger partial charge in [0.05, 0.1) is 13.2 Å². The molecule has 0 aliphatic carbocycles. The highest BCUT2D eigenvalue weighted by atomic mass is 31.2. The van der Waals surface area contributed by atoms with Crippen molar-refractivity contribution in [2.24, 2.45) is 0 Å². The van der Waals surface area contributed by atoms with Crippen LogP contribution >= 0.6 is 8.60 Å². The van der Waals surface area contributed by atoms with Crippen molar-refractivity contribution in [3.63, 3.8) is 0 Å². The highest BCUT2D eigenvalue weighted by Gasteiger charge is 2.03. The predicted octanol–water partition coefficient (Wildman–Crippen LogP) is 1.29. The van der Waals surface area contributed by atoms with Gasteiger partial charge in [0.2, 0.25) is 0 Å². The van der Waals surface area contributed by atoms with Crippen molar-refractivity contribution >= 4 is 8.60 Å². The first-order valence-electron chi connectivity index (χ1n) is 3.43. The van der Waals surface area contributed by atoms with Crippen LogP contribution in [-0.2, 0) is 9.05 Å². The molecule has 0 unspecified atom stereocenters. The van der Waals surface area contributed by atoms with Gasteiger partial charge in [0.15, 0.2) is 0 Å². The Morgan fingerprint density at radius 2 is 1.50 bits per heavy atom. The molecule has 3 nitrogen and oxygen atoms in total. The highest BCUT2D eigenvalue weighted by Crippen LogP contribution is 2.32. The zero-order valence-electron chi connectivity index (χ0n) is 6.69. The van der Waals surface area contributed by atoms with Crippen LogP contribution in [0.25, 0.3) is 0 Å². The summed E-state index contributed by atoms with van der Waals surface area (Å²) in [6.45, 7) is 0.628. The lowest BCUT2D eigenvalue weighted by atomic mass is 10.5. The van der Waals surface area contributed by atoms with Crippen LogP contribution in [0, 0.1) is 24.7 Å². The second-order valence-corrected chi connectivity index (χ2v) is 2.80. The number of hydrogen-bond acceptors (Lipinski definition) is 3. The van der Waals surface area contributed by atoms with Crippen molar-refractivity contribution in [3.8, 4) is 24.7 Å². The predicted molar refractivity (Wildman–Crippen MR) is 47.9 cm³/mol. The minimum atomic E-state index is -1.79. The minimum absolute atomic E-state index is 0.314. The smallest absolute Gasteiger partial charge is 0.328 e. The molecule has 0 aliphatic heterocycles. The van der Waals surface area contributed by atoms with Gasteiger partial charge in [-0.3, -0.25) is 0 Å². The first-order chi connectivity index (χ1) is 5.81. The maximum absolute atomic E-state index is 8.99. The molecule has 0 aromatic carbocycles. The molecular weight excluding hydrogens is 175 g/mol. The summed E-state index contributed by atoms with van der Waals surface area (Å²) in [5.41, 5.74) is 0. The maximum atomic E-state index is 8.99. The van der Waals surface area contributed by atoms with Crippen LogP contribution in [0.5, 0.6) is 0 Å². The Balaban J connectivity index is 3.18. The van der Waals surface area contributed by atoms with Gasteiger partial charge in [0.1, 0.15) is 0 Å². The average Bonchev–Trinajstić information content (AvgIpc) is 2.06. The molecule has 66 valence electrons. The Kier molecular flexibility index (Phi) is 8.12. The van der Waals surface area contributed by atoms with Gasteiger partial charge in [0, 0.05) is 12.8 Å². The van der Waals surface area contributed by atoms with E-state index in [1.54, 1.807) is 0 Å². The zero-order chi connectivity index (χ0) is 9.23. The molecule has 0 rings (SSSR count). The van der Waals surface area contributed by atoms with Gasteiger partial charge >= 0.3 is 8.60 Å². The first kappa shape index (κ1) is 11.4. The van der Waals surface area contributed by atoms with Gasteiger partial charge in [0.25, 0.3) is 0 Å². The van der Waals surface area contributed by atoms with Crippen LogP contribution in [-0.4, -0.2) is 18.1 Å². The molecule has 4 heteroatoms. The molecule has 0 aliphatic rings. The van der Waals surface area contributed by atoms with E-state index in [0.29, 0.717) is 26.1 Å². The number of rotatable bonds is 6. The third-order valence-electron chi connectivity index (χ3n) is 0.896. The second kappa shape index (κ2) is 8.53. The van der Waals surface area contributed by atoms with E-state index in [1.165, 1.54) is 0 Å². The van der Waals surface area contributed by atoms with Crippen LogP contribution in [0.2, 0.25) is 0 Å². The van der Waals surface area contributed by atoms with Crippen LogP contribution < -0.4 is 0 Å². The fourth-order valence-electron chi connectivity index (χ4n) is 0.403. The molecule has 0 saturated heterocycles. The Labute approximate surface area is 74.1 Å². The first-order valence-corrected chi connectivity index (χ1v) is 4.56. The lowest BCUT2D eigenvalue weighted by Gasteiger charge is -2.07. The summed E-state index contributed by atoms with van der Waals surface area (Å²) in [5, 5.41) is 0. The highest BCUT2D eigenvalue weighted by molar-refractivity contribution is 7.40. The summed E-state index contributed by atoms with van der Waals surface area (Å²) in [4.78, 5) is 8.99. The van der Waals surface area contributed by atoms with E-state index in [4.69, 9.17) is 26.8 Å². The molecule has 0 bridgehead atoms. The van der Waals surface area contributed by atoms with Crippen LogP contribution in [0.1, 0.15) is 12.8 Å². The number of hydrogen-bond donors (Lipinski definition) is 1. The zero-order valence-corrected chi connectivity index (χ0v) is 7.59. The number of terminal acetylenes is 2. The minimum Gasteiger partial charge on any atom is -0.328 e. The molecule has 0 atom stereocenters. The topological polar surface area (TPSA) is 38.7 Å². The lowest BCUT2D eigenvalue weighted by molar-refractivity contribution is 0.207.